The number of aliphatic hydroxyl groups is 4. The van der Waals surface area contributed by atoms with Crippen molar-refractivity contribution in [3.05, 3.63) is 0 Å². The molecule has 0 fully saturated rings. The van der Waals surface area contributed by atoms with Crippen LogP contribution in [0.4, 0.5) is 0 Å². The molecule has 0 saturated heterocycles. The lowest BCUT2D eigenvalue weighted by Crippen LogP contribution is -2.29. The van der Waals surface area contributed by atoms with E-state index in [9.17, 15) is 0 Å². The Morgan fingerprint density at radius 2 is 1.64 bits per heavy atom. The van der Waals surface area contributed by atoms with Gasteiger partial charge in [-0.25, -0.2) is 0 Å². The van der Waals surface area contributed by atoms with Crippen LogP contribution in [-0.2, 0) is 0 Å². The number of hydrogen-bond donors (Lipinski definition) is 4. The third kappa shape index (κ3) is 5.15. The lowest BCUT2D eigenvalue weighted by atomic mass is 10.1. The topological polar surface area (TPSA) is 80.9 Å². The van der Waals surface area contributed by atoms with E-state index in [1.54, 1.807) is 0 Å². The Labute approximate surface area is 66.1 Å². The molecule has 0 aromatic carbocycles. The quantitative estimate of drug-likeness (QED) is 0.414. The Morgan fingerprint density at radius 3 is 2.00 bits per heavy atom. The van der Waals surface area contributed by atoms with Gasteiger partial charge in [-0.1, -0.05) is 0 Å². The van der Waals surface area contributed by atoms with Crippen molar-refractivity contribution >= 4 is 0 Å². The minimum absolute atomic E-state index is 0.140. The fourth-order valence-corrected chi connectivity index (χ4v) is 0.831. The van der Waals surface area contributed by atoms with Crippen LogP contribution in [0.25, 0.3) is 0 Å². The first-order valence-corrected chi connectivity index (χ1v) is 3.73. The summed E-state index contributed by atoms with van der Waals surface area (Å²) < 4.78 is 0. The Balaban J connectivity index is 3.54. The van der Waals surface area contributed by atoms with Crippen molar-refractivity contribution in [2.24, 2.45) is 0 Å². The smallest absolute Gasteiger partial charge is 0.0824 e. The second-order valence-corrected chi connectivity index (χ2v) is 2.73. The highest BCUT2D eigenvalue weighted by Gasteiger charge is 2.16. The molecule has 0 aromatic rings. The summed E-state index contributed by atoms with van der Waals surface area (Å²) in [6.07, 6.45) is -2.22. The van der Waals surface area contributed by atoms with Crippen molar-refractivity contribution in [2.75, 3.05) is 6.61 Å². The van der Waals surface area contributed by atoms with Crippen LogP contribution in [0.5, 0.6) is 0 Å². The minimum atomic E-state index is -0.942. The average molecular weight is 164 g/mol. The summed E-state index contributed by atoms with van der Waals surface area (Å²) in [5, 5.41) is 35.3. The first-order valence-electron chi connectivity index (χ1n) is 3.73. The second kappa shape index (κ2) is 5.49. The van der Waals surface area contributed by atoms with Gasteiger partial charge in [-0.15, -0.1) is 0 Å². The Morgan fingerprint density at radius 1 is 1.09 bits per heavy atom. The summed E-state index contributed by atoms with van der Waals surface area (Å²) in [4.78, 5) is 0. The van der Waals surface area contributed by atoms with Gasteiger partial charge in [0.15, 0.2) is 0 Å². The van der Waals surface area contributed by atoms with Crippen LogP contribution < -0.4 is 0 Å². The lowest BCUT2D eigenvalue weighted by Gasteiger charge is -2.17. The maximum Gasteiger partial charge on any atom is 0.0824 e. The molecule has 0 aromatic heterocycles. The van der Waals surface area contributed by atoms with Gasteiger partial charge in [0.2, 0.25) is 0 Å². The highest BCUT2D eigenvalue weighted by Crippen LogP contribution is 2.05. The van der Waals surface area contributed by atoms with Gasteiger partial charge in [-0.3, -0.25) is 0 Å². The zero-order valence-corrected chi connectivity index (χ0v) is 6.64. The van der Waals surface area contributed by atoms with Crippen LogP contribution in [0.1, 0.15) is 19.8 Å². The number of aliphatic hydroxyl groups excluding tert-OH is 4. The summed E-state index contributed by atoms with van der Waals surface area (Å²) in [7, 11) is 0. The molecule has 0 aliphatic carbocycles. The highest BCUT2D eigenvalue weighted by molar-refractivity contribution is 4.68. The Hall–Kier alpha value is -0.160. The fourth-order valence-electron chi connectivity index (χ4n) is 0.831. The van der Waals surface area contributed by atoms with Gasteiger partial charge < -0.3 is 20.4 Å². The van der Waals surface area contributed by atoms with E-state index in [2.05, 4.69) is 0 Å². The molecule has 4 N–H and O–H groups in total. The van der Waals surface area contributed by atoms with Gasteiger partial charge in [-0.05, 0) is 13.3 Å². The maximum atomic E-state index is 9.10. The van der Waals surface area contributed by atoms with Crippen molar-refractivity contribution in [1.29, 1.82) is 0 Å². The van der Waals surface area contributed by atoms with E-state index in [0.717, 1.165) is 0 Å². The first kappa shape index (κ1) is 10.8. The van der Waals surface area contributed by atoms with E-state index in [1.165, 1.54) is 6.92 Å². The van der Waals surface area contributed by atoms with Crippen molar-refractivity contribution in [2.45, 2.75) is 38.1 Å². The second-order valence-electron chi connectivity index (χ2n) is 2.73. The van der Waals surface area contributed by atoms with Gasteiger partial charge in [-0.2, -0.15) is 0 Å². The van der Waals surface area contributed by atoms with Crippen molar-refractivity contribution < 1.29 is 20.4 Å². The molecule has 0 radical (unpaired) electrons. The minimum Gasteiger partial charge on any atom is -0.396 e. The van der Waals surface area contributed by atoms with Crippen molar-refractivity contribution in [3.8, 4) is 0 Å². The van der Waals surface area contributed by atoms with Gasteiger partial charge in [0.05, 0.1) is 18.3 Å². The summed E-state index contributed by atoms with van der Waals surface area (Å²) in [5.41, 5.74) is 0. The van der Waals surface area contributed by atoms with E-state index in [-0.39, 0.29) is 19.4 Å². The molecule has 0 bridgehead atoms. The predicted molar refractivity (Wildman–Crippen MR) is 40.0 cm³/mol. The van der Waals surface area contributed by atoms with E-state index in [4.69, 9.17) is 20.4 Å². The summed E-state index contributed by atoms with van der Waals surface area (Å²) in [6, 6.07) is 0. The molecule has 0 aliphatic rings. The van der Waals surface area contributed by atoms with Crippen LogP contribution in [0.15, 0.2) is 0 Å². The molecule has 0 aliphatic heterocycles. The summed E-state index contributed by atoms with van der Waals surface area (Å²) in [5.74, 6) is 0. The van der Waals surface area contributed by atoms with Crippen molar-refractivity contribution in [3.63, 3.8) is 0 Å². The third-order valence-corrected chi connectivity index (χ3v) is 1.45. The molecule has 3 atom stereocenters. The van der Waals surface area contributed by atoms with Crippen LogP contribution in [0, 0.1) is 0 Å². The van der Waals surface area contributed by atoms with Crippen molar-refractivity contribution in [1.82, 2.24) is 0 Å². The van der Waals surface area contributed by atoms with Crippen LogP contribution in [0.3, 0.4) is 0 Å². The maximum absolute atomic E-state index is 9.10. The first-order chi connectivity index (χ1) is 5.07. The summed E-state index contributed by atoms with van der Waals surface area (Å²) >= 11 is 0. The van der Waals surface area contributed by atoms with Crippen LogP contribution in [-0.4, -0.2) is 45.3 Å². The molecule has 0 saturated carbocycles. The monoisotopic (exact) mass is 164 g/mol. The molecular weight excluding hydrogens is 148 g/mol. The Bertz CT molecular complexity index is 94.4. The van der Waals surface area contributed by atoms with Crippen LogP contribution >= 0.6 is 0 Å². The zero-order valence-electron chi connectivity index (χ0n) is 6.64. The fraction of sp³-hybridized carbons (Fsp3) is 1.00. The standard InChI is InChI=1S/C7H16O4/c1-5(9)4-7(11)6(10)2-3-8/h5-11H,2-4H2,1H3. The summed E-state index contributed by atoms with van der Waals surface area (Å²) in [6.45, 7) is 1.38. The molecular formula is C7H16O4. The van der Waals surface area contributed by atoms with Gasteiger partial charge in [0.1, 0.15) is 0 Å². The van der Waals surface area contributed by atoms with E-state index in [1.807, 2.05) is 0 Å². The molecule has 11 heavy (non-hydrogen) atoms. The molecule has 0 heterocycles. The average Bonchev–Trinajstić information content (AvgIpc) is 1.86. The number of hydrogen-bond acceptors (Lipinski definition) is 4. The molecule has 0 spiro atoms. The Kier molecular flexibility index (Phi) is 5.41. The van der Waals surface area contributed by atoms with Gasteiger partial charge in [0, 0.05) is 13.0 Å². The molecule has 4 heteroatoms. The zero-order chi connectivity index (χ0) is 8.85. The van der Waals surface area contributed by atoms with Gasteiger partial charge in [0.25, 0.3) is 0 Å². The normalized spacial score (nSPS) is 19.4. The highest BCUT2D eigenvalue weighted by atomic mass is 16.3. The number of rotatable bonds is 5. The third-order valence-electron chi connectivity index (χ3n) is 1.45. The predicted octanol–water partition coefficient (Wildman–Crippen LogP) is -1.14. The van der Waals surface area contributed by atoms with E-state index >= 15 is 0 Å². The largest absolute Gasteiger partial charge is 0.396 e. The van der Waals surface area contributed by atoms with Crippen LogP contribution in [0.2, 0.25) is 0 Å². The SMILES string of the molecule is CC(O)CC(O)C(O)CCO. The molecule has 0 rings (SSSR count). The van der Waals surface area contributed by atoms with E-state index < -0.39 is 18.3 Å². The molecule has 68 valence electrons. The lowest BCUT2D eigenvalue weighted by molar-refractivity contribution is -0.0188. The molecule has 3 unspecified atom stereocenters. The van der Waals surface area contributed by atoms with Gasteiger partial charge >= 0.3 is 0 Å². The van der Waals surface area contributed by atoms with E-state index in [0.29, 0.717) is 0 Å². The molecule has 4 nitrogen and oxygen atoms in total. The molecule has 0 amide bonds.